The number of carbonyl (C=O) groups is 3. The van der Waals surface area contributed by atoms with Gasteiger partial charge in [0.25, 0.3) is 5.91 Å². The largest absolute Gasteiger partial charge is 0.479 e. The summed E-state index contributed by atoms with van der Waals surface area (Å²) < 4.78 is -0.577. The summed E-state index contributed by atoms with van der Waals surface area (Å²) in [6.07, 6.45) is 0.391. The molecule has 27 heavy (non-hydrogen) atoms. The van der Waals surface area contributed by atoms with Crippen molar-refractivity contribution in [3.8, 4) is 0 Å². The molecule has 1 aromatic carbocycles. The number of β-lactam (4-membered cyclic amide) rings is 1. The lowest BCUT2D eigenvalue weighted by atomic mass is 9.87. The third kappa shape index (κ3) is 2.35. The summed E-state index contributed by atoms with van der Waals surface area (Å²) >= 11 is 8.06. The highest BCUT2D eigenvalue weighted by atomic mass is 35.5. The first kappa shape index (κ1) is 18.8. The third-order valence-corrected chi connectivity index (χ3v) is 8.30. The Labute approximate surface area is 168 Å². The highest BCUT2D eigenvalue weighted by Gasteiger charge is 2.88. The minimum Gasteiger partial charge on any atom is -0.479 e. The van der Waals surface area contributed by atoms with Crippen molar-refractivity contribution in [2.45, 2.75) is 41.5 Å². The zero-order valence-electron chi connectivity index (χ0n) is 14.4. The summed E-state index contributed by atoms with van der Waals surface area (Å²) in [6, 6.07) is 6.61. The quantitative estimate of drug-likeness (QED) is 0.433. The summed E-state index contributed by atoms with van der Waals surface area (Å²) in [4.78, 5) is 42.4. The number of aliphatic imine (C=N–C) groups is 1. The van der Waals surface area contributed by atoms with E-state index in [1.54, 1.807) is 24.3 Å². The first-order valence-electron chi connectivity index (χ1n) is 8.13. The third-order valence-electron chi connectivity index (χ3n) is 5.33. The van der Waals surface area contributed by atoms with Gasteiger partial charge in [0.1, 0.15) is 10.4 Å². The first-order chi connectivity index (χ1) is 12.6. The van der Waals surface area contributed by atoms with Crippen molar-refractivity contribution in [3.05, 3.63) is 29.3 Å². The molecule has 3 aliphatic rings. The van der Waals surface area contributed by atoms with E-state index >= 15 is 0 Å². The van der Waals surface area contributed by atoms with Crippen molar-refractivity contribution >= 4 is 62.8 Å². The Morgan fingerprint density at radius 1 is 1.41 bits per heavy atom. The Balaban J connectivity index is 1.74. The number of carbonyl (C=O) groups excluding carboxylic acids is 2. The van der Waals surface area contributed by atoms with Gasteiger partial charge in [-0.2, -0.15) is 0 Å². The number of rotatable bonds is 3. The van der Waals surface area contributed by atoms with Gasteiger partial charge in [-0.15, -0.1) is 11.8 Å². The number of hydrogen-bond donors (Lipinski definition) is 2. The zero-order valence-corrected chi connectivity index (χ0v) is 16.8. The maximum Gasteiger partial charge on any atom is 0.331 e. The van der Waals surface area contributed by atoms with Gasteiger partial charge in [0.15, 0.2) is 16.2 Å². The number of fused-ring (bicyclic) bond motifs is 3. The van der Waals surface area contributed by atoms with Gasteiger partial charge in [-0.1, -0.05) is 11.6 Å². The summed E-state index contributed by atoms with van der Waals surface area (Å²) in [5.74, 6) is -1.53. The van der Waals surface area contributed by atoms with Gasteiger partial charge in [0.2, 0.25) is 0 Å². The van der Waals surface area contributed by atoms with Crippen molar-refractivity contribution in [1.29, 1.82) is 0 Å². The van der Waals surface area contributed by atoms with Crippen molar-refractivity contribution in [1.82, 2.24) is 4.90 Å². The van der Waals surface area contributed by atoms with E-state index in [0.717, 1.165) is 11.8 Å². The number of hydrogen-bond acceptors (Lipinski definition) is 7. The molecule has 2 heterocycles. The molecule has 2 saturated heterocycles. The molecule has 1 aliphatic carbocycles. The Morgan fingerprint density at radius 2 is 2.04 bits per heavy atom. The van der Waals surface area contributed by atoms with Crippen LogP contribution >= 0.6 is 35.1 Å². The van der Waals surface area contributed by atoms with Crippen molar-refractivity contribution < 1.29 is 19.5 Å². The van der Waals surface area contributed by atoms with Crippen LogP contribution in [0.4, 0.5) is 5.69 Å². The van der Waals surface area contributed by atoms with E-state index in [-0.39, 0.29) is 10.2 Å². The van der Waals surface area contributed by atoms with Crippen LogP contribution in [0.15, 0.2) is 29.3 Å². The van der Waals surface area contributed by atoms with Crippen LogP contribution in [0.3, 0.4) is 0 Å². The van der Waals surface area contributed by atoms with Gasteiger partial charge in [0, 0.05) is 18.4 Å². The number of thioether (sulfide) groups is 2. The molecular weight excluding hydrogens is 410 g/mol. The van der Waals surface area contributed by atoms with E-state index in [2.05, 4.69) is 4.99 Å². The van der Waals surface area contributed by atoms with E-state index in [1.807, 2.05) is 6.92 Å². The average molecular weight is 426 g/mol. The number of amides is 1. The topological polar surface area (TPSA) is 113 Å². The minimum atomic E-state index is -1.53. The molecule has 2 aliphatic heterocycles. The molecule has 0 bridgehead atoms. The molecule has 0 aromatic heterocycles. The molecule has 1 amide bonds. The summed E-state index contributed by atoms with van der Waals surface area (Å²) in [5.41, 5.74) is 4.23. The smallest absolute Gasteiger partial charge is 0.331 e. The van der Waals surface area contributed by atoms with E-state index < -0.39 is 33.1 Å². The molecule has 10 heteroatoms. The first-order valence-corrected chi connectivity index (χ1v) is 10.2. The second kappa shape index (κ2) is 5.73. The Bertz CT molecular complexity index is 923. The molecule has 7 nitrogen and oxygen atoms in total. The van der Waals surface area contributed by atoms with E-state index in [9.17, 15) is 19.5 Å². The number of carboxylic acids is 1. The molecule has 0 spiro atoms. The van der Waals surface area contributed by atoms with E-state index in [1.165, 1.54) is 23.6 Å². The van der Waals surface area contributed by atoms with E-state index in [0.29, 0.717) is 17.1 Å². The predicted molar refractivity (Wildman–Crippen MR) is 105 cm³/mol. The SMILES string of the molecule is CC(=O)SC(=Nc1ccc(Cl)cc1)C1(N)C(=O)N2[C@H]1SC1(C)CC21C(=O)O. The summed E-state index contributed by atoms with van der Waals surface area (Å²) in [5, 5.41) is 9.56. The molecule has 4 rings (SSSR count). The van der Waals surface area contributed by atoms with Crippen LogP contribution in [-0.2, 0) is 14.4 Å². The van der Waals surface area contributed by atoms with Gasteiger partial charge < -0.3 is 15.7 Å². The average Bonchev–Trinajstić information content (AvgIpc) is 3.13. The molecule has 142 valence electrons. The lowest BCUT2D eigenvalue weighted by Gasteiger charge is -2.52. The zero-order chi connectivity index (χ0) is 19.8. The van der Waals surface area contributed by atoms with Crippen LogP contribution in [-0.4, -0.2) is 53.2 Å². The normalized spacial score (nSPS) is 36.7. The number of carboxylic acid groups (broad SMARTS) is 1. The molecule has 3 N–H and O–H groups in total. The molecular formula is C17H16ClN3O4S2. The van der Waals surface area contributed by atoms with Crippen LogP contribution in [0.5, 0.6) is 0 Å². The highest BCUT2D eigenvalue weighted by molar-refractivity contribution is 8.26. The Kier molecular flexibility index (Phi) is 3.99. The summed E-state index contributed by atoms with van der Waals surface area (Å²) in [7, 11) is 0. The van der Waals surface area contributed by atoms with Crippen molar-refractivity contribution in [2.75, 3.05) is 0 Å². The van der Waals surface area contributed by atoms with Gasteiger partial charge in [-0.3, -0.25) is 9.59 Å². The van der Waals surface area contributed by atoms with Gasteiger partial charge >= 0.3 is 5.97 Å². The number of nitrogens with zero attached hydrogens (tertiary/aromatic N) is 2. The molecule has 3 fully saturated rings. The monoisotopic (exact) mass is 425 g/mol. The minimum absolute atomic E-state index is 0.168. The number of benzene rings is 1. The maximum atomic E-state index is 13.0. The highest BCUT2D eigenvalue weighted by Crippen LogP contribution is 2.73. The maximum absolute atomic E-state index is 13.0. The second-order valence-corrected chi connectivity index (χ2v) is 10.3. The lowest BCUT2D eigenvalue weighted by Crippen LogP contribution is -2.81. The van der Waals surface area contributed by atoms with E-state index in [4.69, 9.17) is 17.3 Å². The van der Waals surface area contributed by atoms with Gasteiger partial charge in [0.05, 0.1) is 10.4 Å². The van der Waals surface area contributed by atoms with Crippen LogP contribution in [0.2, 0.25) is 5.02 Å². The van der Waals surface area contributed by atoms with Crippen LogP contribution in [0.1, 0.15) is 20.3 Å². The van der Waals surface area contributed by atoms with Crippen molar-refractivity contribution in [3.63, 3.8) is 0 Å². The Morgan fingerprint density at radius 3 is 2.59 bits per heavy atom. The predicted octanol–water partition coefficient (Wildman–Crippen LogP) is 2.25. The summed E-state index contributed by atoms with van der Waals surface area (Å²) in [6.45, 7) is 3.19. The lowest BCUT2D eigenvalue weighted by molar-refractivity contribution is -0.163. The fourth-order valence-corrected chi connectivity index (χ4v) is 6.75. The van der Waals surface area contributed by atoms with Gasteiger partial charge in [-0.05, 0) is 43.0 Å². The standard InChI is InChI=1S/C17H16ClN3O4S2/c1-8(22)26-11(20-10-5-3-9(18)4-6-10)17(19)12(23)21-13(17)27-15(2)7-16(15,21)14(24)25/h3-6,13H,7,19H2,1-2H3,(H,24,25)/t13-,15?,16?,17?/m0/s1. The number of aliphatic carboxylic acids is 1. The Hall–Kier alpha value is -1.55. The fraction of sp³-hybridized carbons (Fsp3) is 0.412. The number of halogens is 1. The molecule has 1 saturated carbocycles. The van der Waals surface area contributed by atoms with Crippen molar-refractivity contribution in [2.24, 2.45) is 10.7 Å². The van der Waals surface area contributed by atoms with Crippen LogP contribution in [0.25, 0.3) is 0 Å². The molecule has 4 atom stereocenters. The number of nitrogens with two attached hydrogens (primary N) is 1. The van der Waals surface area contributed by atoms with Crippen LogP contribution in [0, 0.1) is 0 Å². The molecule has 3 unspecified atom stereocenters. The fourth-order valence-electron chi connectivity index (χ4n) is 3.81. The molecule has 1 aromatic rings. The van der Waals surface area contributed by atoms with Gasteiger partial charge in [-0.25, -0.2) is 9.79 Å². The van der Waals surface area contributed by atoms with Crippen LogP contribution < -0.4 is 5.73 Å². The molecule has 0 radical (unpaired) electrons. The second-order valence-electron chi connectivity index (χ2n) is 7.07.